The third-order valence-corrected chi connectivity index (χ3v) is 8.16. The van der Waals surface area contributed by atoms with E-state index in [4.69, 9.17) is 34.8 Å². The summed E-state index contributed by atoms with van der Waals surface area (Å²) in [4.78, 5) is 3.25. The van der Waals surface area contributed by atoms with E-state index in [0.717, 1.165) is 31.7 Å². The fourth-order valence-electron chi connectivity index (χ4n) is 4.42. The number of nitrogens with zero attached hydrogens (tertiary/aromatic N) is 2. The van der Waals surface area contributed by atoms with E-state index < -0.39 is 9.21 Å². The quantitative estimate of drug-likeness (QED) is 0.377. The summed E-state index contributed by atoms with van der Waals surface area (Å²) in [5, 5.41) is 0. The number of imidazole rings is 1. The van der Waals surface area contributed by atoms with Crippen LogP contribution in [-0.4, -0.2) is 26.0 Å². The highest BCUT2D eigenvalue weighted by atomic mass is 35.5. The van der Waals surface area contributed by atoms with Gasteiger partial charge in [0, 0.05) is 18.4 Å². The van der Waals surface area contributed by atoms with Crippen molar-refractivity contribution in [1.29, 1.82) is 0 Å². The Bertz CT molecular complexity index is 854. The fraction of sp³-hybridized carbons (Fsp3) is 0.458. The van der Waals surface area contributed by atoms with E-state index in [1.54, 1.807) is 6.08 Å². The van der Waals surface area contributed by atoms with Gasteiger partial charge in [0.05, 0.1) is 6.33 Å². The van der Waals surface area contributed by atoms with Gasteiger partial charge in [0.2, 0.25) is 0 Å². The van der Waals surface area contributed by atoms with Crippen LogP contribution in [0.25, 0.3) is 0 Å². The molecule has 5 rings (SSSR count). The lowest BCUT2D eigenvalue weighted by atomic mass is 9.53. The Morgan fingerprint density at radius 3 is 2.20 bits per heavy atom. The lowest BCUT2D eigenvalue weighted by molar-refractivity contribution is 0.298. The van der Waals surface area contributed by atoms with Crippen molar-refractivity contribution < 1.29 is 0 Å². The molecule has 0 amide bonds. The molecular weight excluding hydrogens is 433 g/mol. The van der Waals surface area contributed by atoms with Gasteiger partial charge in [-0.15, -0.1) is 11.6 Å². The topological polar surface area (TPSA) is 17.8 Å². The maximum atomic E-state index is 6.84. The molecule has 1 heterocycles. The van der Waals surface area contributed by atoms with Gasteiger partial charge in [-0.25, -0.2) is 4.98 Å². The number of alkyl halides is 3. The second kappa shape index (κ2) is 9.55. The van der Waals surface area contributed by atoms with E-state index in [9.17, 15) is 0 Å². The second-order valence-electron chi connectivity index (χ2n) is 8.54. The van der Waals surface area contributed by atoms with Crippen molar-refractivity contribution in [1.82, 2.24) is 9.55 Å². The first-order valence-electron chi connectivity index (χ1n) is 10.8. The Labute approximate surface area is 195 Å². The van der Waals surface area contributed by atoms with E-state index in [2.05, 4.69) is 47.2 Å². The summed E-state index contributed by atoms with van der Waals surface area (Å²) in [6.45, 7) is 0. The maximum absolute atomic E-state index is 6.84. The molecule has 0 spiro atoms. The van der Waals surface area contributed by atoms with E-state index >= 15 is 0 Å². The van der Waals surface area contributed by atoms with Gasteiger partial charge in [0.1, 0.15) is 4.87 Å². The molecule has 0 N–H and O–H groups in total. The standard InChI is InChI=1S/C18H19BCl3.C6H8N2/c20-17(12-4-5-13-18(17,21)22)14-8-10-16(11-9-14)19-15-6-2-1-3-7-15;1-2-6(1)8-4-3-7-5-8/h1-7,12-14,16H,8-11H2;3-6H,1-2H2. The van der Waals surface area contributed by atoms with Crippen LogP contribution >= 0.6 is 34.8 Å². The first-order valence-corrected chi connectivity index (χ1v) is 11.9. The van der Waals surface area contributed by atoms with Gasteiger partial charge in [0.15, 0.2) is 11.6 Å². The minimum Gasteiger partial charge on any atom is -0.334 e. The predicted molar refractivity (Wildman–Crippen MR) is 129 cm³/mol. The molecule has 6 heteroatoms. The van der Waals surface area contributed by atoms with Gasteiger partial charge in [-0.05, 0) is 37.7 Å². The molecule has 1 unspecified atom stereocenters. The highest BCUT2D eigenvalue weighted by Gasteiger charge is 2.51. The van der Waals surface area contributed by atoms with Crippen molar-refractivity contribution >= 4 is 47.5 Å². The largest absolute Gasteiger partial charge is 0.334 e. The van der Waals surface area contributed by atoms with Crippen LogP contribution < -0.4 is 5.46 Å². The summed E-state index contributed by atoms with van der Waals surface area (Å²) in [6.07, 6.45) is 20.4. The minimum atomic E-state index is -1.02. The van der Waals surface area contributed by atoms with Crippen LogP contribution in [0.1, 0.15) is 44.6 Å². The molecule has 1 radical (unpaired) electrons. The van der Waals surface area contributed by atoms with Gasteiger partial charge in [-0.2, -0.15) is 0 Å². The van der Waals surface area contributed by atoms with Crippen LogP contribution in [0.5, 0.6) is 0 Å². The molecule has 1 aromatic carbocycles. The molecule has 0 bridgehead atoms. The molecule has 0 aliphatic heterocycles. The van der Waals surface area contributed by atoms with Crippen LogP contribution in [0.2, 0.25) is 5.82 Å². The van der Waals surface area contributed by atoms with Crippen LogP contribution in [-0.2, 0) is 0 Å². The van der Waals surface area contributed by atoms with Gasteiger partial charge >= 0.3 is 0 Å². The summed E-state index contributed by atoms with van der Waals surface area (Å²) < 4.78 is 1.14. The number of halogens is 3. The van der Waals surface area contributed by atoms with E-state index in [1.165, 1.54) is 18.3 Å². The van der Waals surface area contributed by atoms with Gasteiger partial charge in [-0.1, -0.05) is 95.9 Å². The Hall–Kier alpha value is -1.16. The molecule has 3 aliphatic rings. The molecular formula is C24H27BCl3N2. The van der Waals surface area contributed by atoms with E-state index in [-0.39, 0.29) is 0 Å². The van der Waals surface area contributed by atoms with Crippen LogP contribution in [0.15, 0.2) is 73.4 Å². The molecule has 1 aromatic heterocycles. The Kier molecular flexibility index (Phi) is 7.02. The van der Waals surface area contributed by atoms with Crippen molar-refractivity contribution in [2.75, 3.05) is 0 Å². The first-order chi connectivity index (χ1) is 14.5. The number of hydrogen-bond donors (Lipinski definition) is 0. The molecule has 0 saturated heterocycles. The van der Waals surface area contributed by atoms with Crippen molar-refractivity contribution in [3.05, 3.63) is 73.4 Å². The highest BCUT2D eigenvalue weighted by Crippen LogP contribution is 2.53. The monoisotopic (exact) mass is 459 g/mol. The van der Waals surface area contributed by atoms with Crippen LogP contribution in [0.4, 0.5) is 0 Å². The Morgan fingerprint density at radius 2 is 1.60 bits per heavy atom. The van der Waals surface area contributed by atoms with Crippen molar-refractivity contribution in [2.45, 2.75) is 59.6 Å². The molecule has 157 valence electrons. The molecule has 2 fully saturated rings. The van der Waals surface area contributed by atoms with Gasteiger partial charge < -0.3 is 4.57 Å². The third-order valence-electron chi connectivity index (χ3n) is 6.35. The summed E-state index contributed by atoms with van der Waals surface area (Å²) >= 11 is 19.8. The zero-order chi connectivity index (χ0) is 21.0. The van der Waals surface area contributed by atoms with Crippen molar-refractivity contribution in [3.8, 4) is 0 Å². The first kappa shape index (κ1) is 22.1. The lowest BCUT2D eigenvalue weighted by Gasteiger charge is -2.44. The summed E-state index contributed by atoms with van der Waals surface area (Å²) in [6, 6.07) is 11.3. The lowest BCUT2D eigenvalue weighted by Crippen LogP contribution is -2.47. The highest BCUT2D eigenvalue weighted by molar-refractivity contribution is 6.56. The zero-order valence-corrected chi connectivity index (χ0v) is 19.3. The number of aromatic nitrogens is 2. The van der Waals surface area contributed by atoms with E-state index in [1.807, 2.05) is 36.9 Å². The molecule has 2 nitrogen and oxygen atoms in total. The van der Waals surface area contributed by atoms with Crippen molar-refractivity contribution in [2.24, 2.45) is 5.92 Å². The predicted octanol–water partition coefficient (Wildman–Crippen LogP) is 6.49. The minimum absolute atomic E-state index is 0.311. The number of rotatable bonds is 4. The SMILES string of the molecule is ClC1(Cl)C=CC=CC1(Cl)C1CCC([B]c2ccccc2)CC1.c1cn(C2CC2)cn1. The van der Waals surface area contributed by atoms with Crippen LogP contribution in [0, 0.1) is 5.92 Å². The number of hydrogen-bond acceptors (Lipinski definition) is 1. The normalized spacial score (nSPS) is 29.7. The summed E-state index contributed by atoms with van der Waals surface area (Å²) in [5.41, 5.74) is 1.30. The average Bonchev–Trinajstić information content (AvgIpc) is 3.46. The average molecular weight is 461 g/mol. The fourth-order valence-corrected chi connectivity index (χ4v) is 5.35. The molecule has 30 heavy (non-hydrogen) atoms. The van der Waals surface area contributed by atoms with Crippen LogP contribution in [0.3, 0.4) is 0 Å². The number of benzene rings is 1. The molecule has 3 aliphatic carbocycles. The second-order valence-corrected chi connectivity index (χ2v) is 10.6. The van der Waals surface area contributed by atoms with Crippen molar-refractivity contribution in [3.63, 3.8) is 0 Å². The third kappa shape index (κ3) is 5.18. The Morgan fingerprint density at radius 1 is 0.900 bits per heavy atom. The Balaban J connectivity index is 0.000000225. The maximum Gasteiger partial charge on any atom is 0.159 e. The summed E-state index contributed by atoms with van der Waals surface area (Å²) in [5.74, 6) is 0.924. The summed E-state index contributed by atoms with van der Waals surface area (Å²) in [7, 11) is 2.38. The van der Waals surface area contributed by atoms with E-state index in [0.29, 0.717) is 11.7 Å². The molecule has 1 atom stereocenters. The zero-order valence-electron chi connectivity index (χ0n) is 17.0. The smallest absolute Gasteiger partial charge is 0.159 e. The number of allylic oxidation sites excluding steroid dienone is 4. The van der Waals surface area contributed by atoms with Gasteiger partial charge in [-0.3, -0.25) is 0 Å². The molecule has 2 saturated carbocycles. The molecule has 2 aromatic rings. The van der Waals surface area contributed by atoms with Gasteiger partial charge in [0.25, 0.3) is 0 Å².